The highest BCUT2D eigenvalue weighted by Gasteiger charge is 2.28. The van der Waals surface area contributed by atoms with E-state index in [1.165, 1.54) is 32.9 Å². The van der Waals surface area contributed by atoms with Crippen LogP contribution in [-0.2, 0) is 14.4 Å². The normalized spacial score (nSPS) is 15.2. The summed E-state index contributed by atoms with van der Waals surface area (Å²) >= 11 is 0. The molecule has 118 valence electrons. The van der Waals surface area contributed by atoms with Crippen molar-refractivity contribution in [1.82, 2.24) is 10.6 Å². The molecule has 0 heterocycles. The summed E-state index contributed by atoms with van der Waals surface area (Å²) in [6.07, 6.45) is 6.03. The Bertz CT molecular complexity index is 410. The molecule has 0 aromatic carbocycles. The molecule has 1 unspecified atom stereocenters. The molecule has 1 aliphatic rings. The number of carbonyl (C=O) groups excluding carboxylic acids is 3. The Morgan fingerprint density at radius 2 is 1.67 bits per heavy atom. The number of carbonyl (C=O) groups is 3. The molecule has 21 heavy (non-hydrogen) atoms. The molecule has 1 fully saturated rings. The Kier molecular flexibility index (Phi) is 9.01. The molecule has 1 atom stereocenters. The zero-order valence-corrected chi connectivity index (χ0v) is 13.2. The largest absolute Gasteiger partial charge is 0.334 e. The maximum absolute atomic E-state index is 11.9. The van der Waals surface area contributed by atoms with Gasteiger partial charge in [-0.05, 0) is 25.0 Å². The third-order valence-electron chi connectivity index (χ3n) is 3.45. The molecule has 0 aromatic heterocycles. The minimum Gasteiger partial charge on any atom is -0.334 e. The molecule has 2 N–H and O–H groups in total. The summed E-state index contributed by atoms with van der Waals surface area (Å²) in [6, 6.07) is 0. The van der Waals surface area contributed by atoms with E-state index in [-0.39, 0.29) is 29.2 Å². The zero-order valence-electron chi connectivity index (χ0n) is 13.2. The molecule has 0 bridgehead atoms. The Labute approximate surface area is 126 Å². The van der Waals surface area contributed by atoms with Gasteiger partial charge in [-0.1, -0.05) is 32.9 Å². The number of Topliss-reactive ketones (excluding diaryl/α,β-unsaturated/α-hetero) is 1. The van der Waals surface area contributed by atoms with Crippen LogP contribution in [0.2, 0.25) is 0 Å². The Morgan fingerprint density at radius 1 is 1.14 bits per heavy atom. The van der Waals surface area contributed by atoms with Crippen molar-refractivity contribution < 1.29 is 14.4 Å². The molecule has 0 saturated heterocycles. The molecular weight excluding hydrogens is 268 g/mol. The van der Waals surface area contributed by atoms with E-state index in [2.05, 4.69) is 23.8 Å². The van der Waals surface area contributed by atoms with Crippen LogP contribution in [0.1, 0.15) is 46.5 Å². The van der Waals surface area contributed by atoms with Gasteiger partial charge >= 0.3 is 0 Å². The standard InChI is InChI=1S/C12H19NO2.C4H7NO/c1-8(11-6-4-5-7-11)12(15)9(2)13-10(3)14;1-3-5-4(2)6/h8,11H,2,4-7H2,1,3H3,(H,13,14);3H,1H2,2H3,(H,5,6). The molecule has 5 heteroatoms. The fraction of sp³-hybridized carbons (Fsp3) is 0.562. The number of rotatable bonds is 5. The molecule has 1 aliphatic carbocycles. The summed E-state index contributed by atoms with van der Waals surface area (Å²) in [5, 5.41) is 4.80. The lowest BCUT2D eigenvalue weighted by atomic mass is 9.88. The number of ketones is 1. The van der Waals surface area contributed by atoms with Gasteiger partial charge in [0.05, 0.1) is 5.70 Å². The highest BCUT2D eigenvalue weighted by atomic mass is 16.2. The maximum atomic E-state index is 11.9. The van der Waals surface area contributed by atoms with Crippen molar-refractivity contribution in [2.24, 2.45) is 11.8 Å². The number of amides is 2. The molecule has 1 saturated carbocycles. The number of hydrogen-bond acceptors (Lipinski definition) is 3. The van der Waals surface area contributed by atoms with Crippen LogP contribution in [0.25, 0.3) is 0 Å². The van der Waals surface area contributed by atoms with Gasteiger partial charge < -0.3 is 10.6 Å². The van der Waals surface area contributed by atoms with Gasteiger partial charge in [-0.3, -0.25) is 14.4 Å². The van der Waals surface area contributed by atoms with Gasteiger partial charge in [-0.25, -0.2) is 0 Å². The minimum atomic E-state index is -0.230. The first-order chi connectivity index (χ1) is 9.79. The van der Waals surface area contributed by atoms with Crippen LogP contribution < -0.4 is 10.6 Å². The van der Waals surface area contributed by atoms with E-state index >= 15 is 0 Å². The van der Waals surface area contributed by atoms with Gasteiger partial charge in [0.2, 0.25) is 11.8 Å². The Balaban J connectivity index is 0.000000567. The van der Waals surface area contributed by atoms with Crippen LogP contribution in [0.5, 0.6) is 0 Å². The molecule has 2 amide bonds. The van der Waals surface area contributed by atoms with Gasteiger partial charge in [0.1, 0.15) is 0 Å². The highest BCUT2D eigenvalue weighted by molar-refractivity contribution is 5.99. The van der Waals surface area contributed by atoms with E-state index in [1.807, 2.05) is 6.92 Å². The maximum Gasteiger partial charge on any atom is 0.221 e. The molecule has 1 rings (SSSR count). The zero-order chi connectivity index (χ0) is 16.4. The number of nitrogens with one attached hydrogen (secondary N) is 2. The summed E-state index contributed by atoms with van der Waals surface area (Å²) in [7, 11) is 0. The van der Waals surface area contributed by atoms with Crippen molar-refractivity contribution in [3.63, 3.8) is 0 Å². The highest BCUT2D eigenvalue weighted by Crippen LogP contribution is 2.32. The molecular formula is C16H26N2O3. The smallest absolute Gasteiger partial charge is 0.221 e. The van der Waals surface area contributed by atoms with Crippen LogP contribution in [0, 0.1) is 11.8 Å². The lowest BCUT2D eigenvalue weighted by Crippen LogP contribution is -2.30. The van der Waals surface area contributed by atoms with E-state index in [9.17, 15) is 14.4 Å². The first kappa shape index (κ1) is 19.1. The molecule has 0 aromatic rings. The summed E-state index contributed by atoms with van der Waals surface area (Å²) in [5.41, 5.74) is 0.238. The average molecular weight is 294 g/mol. The fourth-order valence-electron chi connectivity index (χ4n) is 2.36. The first-order valence-corrected chi connectivity index (χ1v) is 7.18. The second-order valence-corrected chi connectivity index (χ2v) is 5.26. The third-order valence-corrected chi connectivity index (χ3v) is 3.45. The van der Waals surface area contributed by atoms with Crippen molar-refractivity contribution >= 4 is 17.6 Å². The fourth-order valence-corrected chi connectivity index (χ4v) is 2.36. The molecule has 0 aliphatic heterocycles. The van der Waals surface area contributed by atoms with Crippen LogP contribution in [0.15, 0.2) is 25.1 Å². The second kappa shape index (κ2) is 9.91. The summed E-state index contributed by atoms with van der Waals surface area (Å²) < 4.78 is 0. The van der Waals surface area contributed by atoms with Crippen molar-refractivity contribution in [3.8, 4) is 0 Å². The quantitative estimate of drug-likeness (QED) is 0.764. The Morgan fingerprint density at radius 3 is 2.00 bits per heavy atom. The summed E-state index contributed by atoms with van der Waals surface area (Å²) in [5.74, 6) is 0.143. The van der Waals surface area contributed by atoms with Gasteiger partial charge in [-0.15, -0.1) is 0 Å². The second-order valence-electron chi connectivity index (χ2n) is 5.26. The molecule has 0 radical (unpaired) electrons. The van der Waals surface area contributed by atoms with E-state index in [4.69, 9.17) is 0 Å². The van der Waals surface area contributed by atoms with Gasteiger partial charge in [0, 0.05) is 19.8 Å². The van der Waals surface area contributed by atoms with Gasteiger partial charge in [-0.2, -0.15) is 0 Å². The average Bonchev–Trinajstić information content (AvgIpc) is 2.90. The van der Waals surface area contributed by atoms with Crippen molar-refractivity contribution in [3.05, 3.63) is 25.1 Å². The van der Waals surface area contributed by atoms with E-state index in [0.717, 1.165) is 12.8 Å². The van der Waals surface area contributed by atoms with E-state index in [1.54, 1.807) is 0 Å². The van der Waals surface area contributed by atoms with Crippen LogP contribution in [-0.4, -0.2) is 17.6 Å². The third kappa shape index (κ3) is 8.07. The van der Waals surface area contributed by atoms with Crippen LogP contribution in [0.3, 0.4) is 0 Å². The number of allylic oxidation sites excluding steroid dienone is 1. The molecule has 5 nitrogen and oxygen atoms in total. The predicted octanol–water partition coefficient (Wildman–Crippen LogP) is 2.30. The van der Waals surface area contributed by atoms with Crippen molar-refractivity contribution in [2.75, 3.05) is 0 Å². The minimum absolute atomic E-state index is 0.00755. The molecule has 0 spiro atoms. The predicted molar refractivity (Wildman–Crippen MR) is 83.1 cm³/mol. The SMILES string of the molecule is C=C(NC(C)=O)C(=O)C(C)C1CCCC1.C=CNC(C)=O. The van der Waals surface area contributed by atoms with Crippen molar-refractivity contribution in [1.29, 1.82) is 0 Å². The first-order valence-electron chi connectivity index (χ1n) is 7.18. The lowest BCUT2D eigenvalue weighted by molar-refractivity contribution is -0.124. The van der Waals surface area contributed by atoms with Gasteiger partial charge in [0.15, 0.2) is 5.78 Å². The number of hydrogen-bond donors (Lipinski definition) is 2. The topological polar surface area (TPSA) is 75.3 Å². The van der Waals surface area contributed by atoms with E-state index < -0.39 is 0 Å². The summed E-state index contributed by atoms with van der Waals surface area (Å²) in [4.78, 5) is 32.5. The van der Waals surface area contributed by atoms with E-state index in [0.29, 0.717) is 5.92 Å². The monoisotopic (exact) mass is 294 g/mol. The summed E-state index contributed by atoms with van der Waals surface area (Å²) in [6.45, 7) is 11.6. The van der Waals surface area contributed by atoms with Crippen LogP contribution >= 0.6 is 0 Å². The van der Waals surface area contributed by atoms with Gasteiger partial charge in [0.25, 0.3) is 0 Å². The van der Waals surface area contributed by atoms with Crippen LogP contribution in [0.4, 0.5) is 0 Å². The lowest BCUT2D eigenvalue weighted by Gasteiger charge is -2.18. The Hall–Kier alpha value is -1.91. The van der Waals surface area contributed by atoms with Crippen molar-refractivity contribution in [2.45, 2.75) is 46.5 Å².